The molecule has 0 spiro atoms. The average molecular weight is 649 g/mol. The molecule has 0 saturated carbocycles. The molecule has 1 unspecified atom stereocenters. The molecule has 0 radical (unpaired) electrons. The summed E-state index contributed by atoms with van der Waals surface area (Å²) in [5.41, 5.74) is 0.461. The van der Waals surface area contributed by atoms with Gasteiger partial charge in [0.25, 0.3) is 5.91 Å². The van der Waals surface area contributed by atoms with Crippen molar-refractivity contribution >= 4 is 56.9 Å². The standard InChI is InChI=1S/C32H27BrClN3O5/c1-32(22-12-6-3-7-13-22,37-31(41)42-20-21-10-4-2-5-11-21)30(40)35-19-28(38)36-27-17-16-23(33)18-25(27)29(39)24-14-8-9-15-26(24)34/h2-18H,19-20H2,1H3,(H,35,40)(H,36,38)(H,37,41). The number of carbonyl (C=O) groups excluding carboxylic acids is 4. The van der Waals surface area contributed by atoms with Gasteiger partial charge < -0.3 is 20.7 Å². The van der Waals surface area contributed by atoms with Crippen molar-refractivity contribution in [3.63, 3.8) is 0 Å². The minimum atomic E-state index is -1.56. The van der Waals surface area contributed by atoms with Crippen LogP contribution in [0.1, 0.15) is 34.0 Å². The average Bonchev–Trinajstić information content (AvgIpc) is 3.00. The lowest BCUT2D eigenvalue weighted by Gasteiger charge is -2.29. The Balaban J connectivity index is 1.45. The van der Waals surface area contributed by atoms with Crippen molar-refractivity contribution in [1.82, 2.24) is 10.6 Å². The van der Waals surface area contributed by atoms with Crippen LogP contribution >= 0.6 is 27.5 Å². The van der Waals surface area contributed by atoms with Crippen LogP contribution in [0.15, 0.2) is 108 Å². The lowest BCUT2D eigenvalue weighted by atomic mass is 9.91. The first-order chi connectivity index (χ1) is 20.2. The maximum absolute atomic E-state index is 13.4. The van der Waals surface area contributed by atoms with Crippen LogP contribution in [0.5, 0.6) is 0 Å². The molecular formula is C32H27BrClN3O5. The van der Waals surface area contributed by atoms with E-state index in [1.807, 2.05) is 30.3 Å². The molecule has 4 aromatic rings. The molecule has 4 aromatic carbocycles. The topological polar surface area (TPSA) is 114 Å². The Bertz CT molecular complexity index is 1600. The zero-order valence-corrected chi connectivity index (χ0v) is 24.9. The van der Waals surface area contributed by atoms with Gasteiger partial charge in [-0.25, -0.2) is 4.79 Å². The Labute approximate surface area is 256 Å². The predicted molar refractivity (Wildman–Crippen MR) is 164 cm³/mol. The van der Waals surface area contributed by atoms with E-state index in [9.17, 15) is 19.2 Å². The number of amides is 3. The Morgan fingerprint density at radius 2 is 1.48 bits per heavy atom. The number of hydrogen-bond donors (Lipinski definition) is 3. The number of alkyl carbamates (subject to hydrolysis) is 1. The highest BCUT2D eigenvalue weighted by Gasteiger charge is 2.37. The highest BCUT2D eigenvalue weighted by molar-refractivity contribution is 9.10. The Kier molecular flexibility index (Phi) is 10.1. The van der Waals surface area contributed by atoms with Crippen molar-refractivity contribution in [1.29, 1.82) is 0 Å². The number of carbonyl (C=O) groups is 4. The highest BCUT2D eigenvalue weighted by Crippen LogP contribution is 2.27. The second kappa shape index (κ2) is 13.9. The highest BCUT2D eigenvalue weighted by atomic mass is 79.9. The molecule has 0 bridgehead atoms. The van der Waals surface area contributed by atoms with Crippen LogP contribution in [0.2, 0.25) is 5.02 Å². The molecule has 42 heavy (non-hydrogen) atoms. The molecule has 10 heteroatoms. The van der Waals surface area contributed by atoms with Gasteiger partial charge in [-0.05, 0) is 48.4 Å². The molecule has 0 aliphatic carbocycles. The number of ether oxygens (including phenoxy) is 1. The van der Waals surface area contributed by atoms with Crippen LogP contribution in [0, 0.1) is 0 Å². The minimum absolute atomic E-state index is 0.0179. The Morgan fingerprint density at radius 3 is 2.17 bits per heavy atom. The van der Waals surface area contributed by atoms with Gasteiger partial charge in [0.1, 0.15) is 12.1 Å². The van der Waals surface area contributed by atoms with Crippen molar-refractivity contribution in [2.45, 2.75) is 19.1 Å². The third-order valence-corrected chi connectivity index (χ3v) is 7.22. The summed E-state index contributed by atoms with van der Waals surface area (Å²) in [6.07, 6.45) is -0.803. The van der Waals surface area contributed by atoms with Crippen LogP contribution in [-0.4, -0.2) is 30.2 Å². The van der Waals surface area contributed by atoms with E-state index in [0.717, 1.165) is 5.56 Å². The fraction of sp³-hybridized carbons (Fsp3) is 0.125. The van der Waals surface area contributed by atoms with Gasteiger partial charge in [0.05, 0.1) is 17.3 Å². The monoisotopic (exact) mass is 647 g/mol. The quantitative estimate of drug-likeness (QED) is 0.177. The zero-order valence-electron chi connectivity index (χ0n) is 22.5. The molecule has 3 amide bonds. The predicted octanol–water partition coefficient (Wildman–Crippen LogP) is 6.23. The normalized spacial score (nSPS) is 12.0. The summed E-state index contributed by atoms with van der Waals surface area (Å²) < 4.78 is 5.97. The van der Waals surface area contributed by atoms with Gasteiger partial charge in [0.2, 0.25) is 5.91 Å². The van der Waals surface area contributed by atoms with Crippen molar-refractivity contribution < 1.29 is 23.9 Å². The molecule has 3 N–H and O–H groups in total. The van der Waals surface area contributed by atoms with E-state index >= 15 is 0 Å². The summed E-state index contributed by atoms with van der Waals surface area (Å²) in [6, 6.07) is 29.2. The van der Waals surface area contributed by atoms with E-state index in [0.29, 0.717) is 10.0 Å². The molecule has 0 aliphatic heterocycles. The van der Waals surface area contributed by atoms with Crippen LogP contribution in [0.25, 0.3) is 0 Å². The molecule has 0 fully saturated rings. The summed E-state index contributed by atoms with van der Waals surface area (Å²) in [5.74, 6) is -1.60. The zero-order chi connectivity index (χ0) is 30.1. The van der Waals surface area contributed by atoms with Crippen molar-refractivity contribution in [2.24, 2.45) is 0 Å². The fourth-order valence-electron chi connectivity index (χ4n) is 4.13. The van der Waals surface area contributed by atoms with E-state index in [4.69, 9.17) is 16.3 Å². The van der Waals surface area contributed by atoms with Crippen molar-refractivity contribution in [3.05, 3.63) is 135 Å². The molecule has 8 nitrogen and oxygen atoms in total. The van der Waals surface area contributed by atoms with E-state index < -0.39 is 30.0 Å². The molecule has 0 aliphatic rings. The van der Waals surface area contributed by atoms with Gasteiger partial charge in [0, 0.05) is 15.6 Å². The van der Waals surface area contributed by atoms with Crippen LogP contribution in [0.3, 0.4) is 0 Å². The number of nitrogens with one attached hydrogen (secondary N) is 3. The van der Waals surface area contributed by atoms with E-state index in [2.05, 4.69) is 31.9 Å². The maximum atomic E-state index is 13.4. The first-order valence-corrected chi connectivity index (χ1v) is 14.1. The van der Waals surface area contributed by atoms with Gasteiger partial charge in [-0.15, -0.1) is 0 Å². The summed E-state index contributed by atoms with van der Waals surface area (Å²) in [6.45, 7) is 1.11. The Hall–Kier alpha value is -4.47. The number of anilines is 1. The van der Waals surface area contributed by atoms with Crippen LogP contribution in [-0.2, 0) is 26.5 Å². The molecule has 0 saturated heterocycles. The lowest BCUT2D eigenvalue weighted by molar-refractivity contribution is -0.129. The van der Waals surface area contributed by atoms with Gasteiger partial charge >= 0.3 is 6.09 Å². The molecule has 0 aromatic heterocycles. The molecule has 214 valence electrons. The minimum Gasteiger partial charge on any atom is -0.445 e. The summed E-state index contributed by atoms with van der Waals surface area (Å²) in [7, 11) is 0. The van der Waals surface area contributed by atoms with Gasteiger partial charge in [-0.2, -0.15) is 0 Å². The van der Waals surface area contributed by atoms with Gasteiger partial charge in [-0.1, -0.05) is 100 Å². The largest absolute Gasteiger partial charge is 0.445 e. The third-order valence-electron chi connectivity index (χ3n) is 6.40. The van der Waals surface area contributed by atoms with E-state index in [1.165, 1.54) is 6.92 Å². The van der Waals surface area contributed by atoms with Gasteiger partial charge in [-0.3, -0.25) is 14.4 Å². The molecule has 1 atom stereocenters. The number of ketones is 1. The second-order valence-corrected chi connectivity index (χ2v) is 10.7. The summed E-state index contributed by atoms with van der Waals surface area (Å²) >= 11 is 9.59. The Morgan fingerprint density at radius 1 is 0.833 bits per heavy atom. The molecule has 4 rings (SSSR count). The molecule has 0 heterocycles. The van der Waals surface area contributed by atoms with E-state index in [1.54, 1.807) is 72.8 Å². The number of hydrogen-bond acceptors (Lipinski definition) is 5. The van der Waals surface area contributed by atoms with Gasteiger partial charge in [0.15, 0.2) is 5.78 Å². The first-order valence-electron chi connectivity index (χ1n) is 12.9. The second-order valence-electron chi connectivity index (χ2n) is 9.41. The maximum Gasteiger partial charge on any atom is 0.408 e. The van der Waals surface area contributed by atoms with Crippen molar-refractivity contribution in [2.75, 3.05) is 11.9 Å². The SMILES string of the molecule is CC(NC(=O)OCc1ccccc1)(C(=O)NCC(=O)Nc1ccc(Br)cc1C(=O)c1ccccc1Cl)c1ccccc1. The van der Waals surface area contributed by atoms with E-state index in [-0.39, 0.29) is 34.2 Å². The number of benzene rings is 4. The van der Waals surface area contributed by atoms with Crippen molar-refractivity contribution in [3.8, 4) is 0 Å². The smallest absolute Gasteiger partial charge is 0.408 e. The summed E-state index contributed by atoms with van der Waals surface area (Å²) in [5, 5.41) is 8.19. The summed E-state index contributed by atoms with van der Waals surface area (Å²) in [4.78, 5) is 52.3. The first kappa shape index (κ1) is 30.5. The fourth-order valence-corrected chi connectivity index (χ4v) is 4.71. The number of rotatable bonds is 10. The lowest BCUT2D eigenvalue weighted by Crippen LogP contribution is -2.55. The number of halogens is 2. The third kappa shape index (κ3) is 7.63. The van der Waals surface area contributed by atoms with Crippen LogP contribution < -0.4 is 16.0 Å². The molecular weight excluding hydrogens is 622 g/mol. The van der Waals surface area contributed by atoms with Crippen LogP contribution in [0.4, 0.5) is 10.5 Å².